The molecule has 1 fully saturated rings. The summed E-state index contributed by atoms with van der Waals surface area (Å²) in [7, 11) is 2.90. The fourth-order valence-electron chi connectivity index (χ4n) is 4.34. The minimum absolute atomic E-state index is 0.0887. The van der Waals surface area contributed by atoms with E-state index in [0.29, 0.717) is 33.5 Å². The van der Waals surface area contributed by atoms with E-state index in [-0.39, 0.29) is 31.2 Å². The Morgan fingerprint density at radius 1 is 1.22 bits per heavy atom. The number of nitrogens with zero attached hydrogens (tertiary/aromatic N) is 2. The largest absolute Gasteiger partial charge is 0.495 e. The summed E-state index contributed by atoms with van der Waals surface area (Å²) < 4.78 is 10.6. The van der Waals surface area contributed by atoms with E-state index in [0.717, 1.165) is 0 Å². The van der Waals surface area contributed by atoms with Crippen molar-refractivity contribution in [3.05, 3.63) is 59.6 Å². The van der Waals surface area contributed by atoms with Crippen molar-refractivity contribution in [1.29, 1.82) is 0 Å². The molecule has 2 aliphatic heterocycles. The molecule has 8 nitrogen and oxygen atoms in total. The van der Waals surface area contributed by atoms with Crippen molar-refractivity contribution in [2.75, 3.05) is 31.0 Å². The zero-order valence-electron chi connectivity index (χ0n) is 17.7. The number of methoxy groups -OCH3 is 2. The monoisotopic (exact) mass is 455 g/mol. The van der Waals surface area contributed by atoms with Crippen molar-refractivity contribution in [2.45, 2.75) is 18.5 Å². The predicted molar refractivity (Wildman–Crippen MR) is 120 cm³/mol. The molecule has 0 radical (unpaired) electrons. The number of hydrogen-bond acceptors (Lipinski definition) is 5. The van der Waals surface area contributed by atoms with Crippen molar-refractivity contribution in [3.63, 3.8) is 0 Å². The second-order valence-corrected chi connectivity index (χ2v) is 7.82. The molecule has 2 aliphatic rings. The molecule has 4 rings (SSSR count). The second-order valence-electron chi connectivity index (χ2n) is 7.41. The summed E-state index contributed by atoms with van der Waals surface area (Å²) >= 11 is 6.18. The maximum atomic E-state index is 13.8. The zero-order chi connectivity index (χ0) is 23.0. The zero-order valence-corrected chi connectivity index (χ0v) is 18.4. The summed E-state index contributed by atoms with van der Waals surface area (Å²) in [5.74, 6) is -0.477. The Balaban J connectivity index is 1.85. The van der Waals surface area contributed by atoms with Crippen LogP contribution >= 0.6 is 11.6 Å². The molecule has 0 bridgehead atoms. The summed E-state index contributed by atoms with van der Waals surface area (Å²) in [6.07, 6.45) is 1.79. The highest BCUT2D eigenvalue weighted by molar-refractivity contribution is 6.32. The average molecular weight is 456 g/mol. The average Bonchev–Trinajstić information content (AvgIpc) is 3.15. The lowest BCUT2D eigenvalue weighted by molar-refractivity contribution is -0.128. The number of carbonyl (C=O) groups is 3. The number of rotatable bonds is 6. The van der Waals surface area contributed by atoms with Gasteiger partial charge in [-0.2, -0.15) is 0 Å². The smallest absolute Gasteiger partial charge is 0.271 e. The Morgan fingerprint density at radius 2 is 1.94 bits per heavy atom. The number of carbonyl (C=O) groups excluding carboxylic acids is 3. The summed E-state index contributed by atoms with van der Waals surface area (Å²) in [6, 6.07) is 9.84. The minimum Gasteiger partial charge on any atom is -0.495 e. The molecule has 2 aromatic carbocycles. The molecule has 0 aliphatic carbocycles. The van der Waals surface area contributed by atoms with Crippen molar-refractivity contribution in [2.24, 2.45) is 0 Å². The first-order valence-electron chi connectivity index (χ1n) is 9.97. The van der Waals surface area contributed by atoms with Gasteiger partial charge in [0.15, 0.2) is 0 Å². The highest BCUT2D eigenvalue weighted by Crippen LogP contribution is 2.45. The van der Waals surface area contributed by atoms with E-state index < -0.39 is 11.6 Å². The molecule has 0 unspecified atom stereocenters. The highest BCUT2D eigenvalue weighted by Gasteiger charge is 2.60. The van der Waals surface area contributed by atoms with Gasteiger partial charge in [0.1, 0.15) is 11.5 Å². The molecule has 0 saturated carbocycles. The van der Waals surface area contributed by atoms with Crippen LogP contribution in [0.5, 0.6) is 11.5 Å². The van der Waals surface area contributed by atoms with Crippen LogP contribution in [0.4, 0.5) is 11.4 Å². The molecule has 1 saturated heterocycles. The number of benzene rings is 2. The third-order valence-electron chi connectivity index (χ3n) is 5.77. The maximum Gasteiger partial charge on any atom is 0.271 e. The van der Waals surface area contributed by atoms with E-state index in [1.165, 1.54) is 42.2 Å². The van der Waals surface area contributed by atoms with Crippen LogP contribution in [-0.2, 0) is 9.59 Å². The summed E-state index contributed by atoms with van der Waals surface area (Å²) in [6.45, 7) is 3.82. The van der Waals surface area contributed by atoms with Crippen LogP contribution in [0.15, 0.2) is 49.1 Å². The minimum atomic E-state index is -1.55. The van der Waals surface area contributed by atoms with Crippen LogP contribution < -0.4 is 19.7 Å². The lowest BCUT2D eigenvalue weighted by atomic mass is 9.95. The SMILES string of the molecule is C=CCN1C(=O)c2ccccc2N2C(=O)CC[C@@]12C(=O)Nc1cc(OC)c(Cl)cc1OC. The van der Waals surface area contributed by atoms with Gasteiger partial charge in [-0.05, 0) is 12.1 Å². The lowest BCUT2D eigenvalue weighted by Crippen LogP contribution is -2.69. The van der Waals surface area contributed by atoms with E-state index in [9.17, 15) is 14.4 Å². The van der Waals surface area contributed by atoms with E-state index in [1.807, 2.05) is 0 Å². The molecule has 0 spiro atoms. The number of fused-ring (bicyclic) bond motifs is 3. The predicted octanol–water partition coefficient (Wildman–Crippen LogP) is 3.46. The Kier molecular flexibility index (Phi) is 5.56. The van der Waals surface area contributed by atoms with Crippen LogP contribution in [-0.4, -0.2) is 49.0 Å². The Bertz CT molecular complexity index is 1130. The van der Waals surface area contributed by atoms with E-state index >= 15 is 0 Å². The van der Waals surface area contributed by atoms with Crippen molar-refractivity contribution >= 4 is 40.7 Å². The molecular weight excluding hydrogens is 434 g/mol. The quantitative estimate of drug-likeness (QED) is 0.674. The number of halogens is 1. The molecular formula is C23H22ClN3O5. The fraction of sp³-hybridized carbons (Fsp3) is 0.261. The number of hydrogen-bond donors (Lipinski definition) is 1. The van der Waals surface area contributed by atoms with Gasteiger partial charge in [-0.25, -0.2) is 0 Å². The van der Waals surface area contributed by atoms with E-state index in [4.69, 9.17) is 21.1 Å². The molecule has 1 N–H and O–H groups in total. The van der Waals surface area contributed by atoms with Crippen LogP contribution in [0.25, 0.3) is 0 Å². The Hall–Kier alpha value is -3.52. The number of amides is 3. The first kappa shape index (κ1) is 21.7. The van der Waals surface area contributed by atoms with Gasteiger partial charge in [-0.1, -0.05) is 29.8 Å². The number of ether oxygens (including phenoxy) is 2. The van der Waals surface area contributed by atoms with Gasteiger partial charge in [0.2, 0.25) is 11.6 Å². The molecule has 1 atom stereocenters. The summed E-state index contributed by atoms with van der Waals surface area (Å²) in [4.78, 5) is 43.0. The van der Waals surface area contributed by atoms with Crippen molar-refractivity contribution < 1.29 is 23.9 Å². The fourth-order valence-corrected chi connectivity index (χ4v) is 4.58. The molecule has 2 heterocycles. The van der Waals surface area contributed by atoms with Gasteiger partial charge in [-0.3, -0.25) is 19.3 Å². The molecule has 9 heteroatoms. The van der Waals surface area contributed by atoms with Gasteiger partial charge in [0.25, 0.3) is 11.8 Å². The van der Waals surface area contributed by atoms with E-state index in [2.05, 4.69) is 11.9 Å². The summed E-state index contributed by atoms with van der Waals surface area (Å²) in [5, 5.41) is 3.14. The third-order valence-corrected chi connectivity index (χ3v) is 6.07. The molecule has 3 amide bonds. The normalized spacial score (nSPS) is 19.3. The Labute approximate surface area is 190 Å². The molecule has 2 aromatic rings. The molecule has 0 aromatic heterocycles. The molecule has 32 heavy (non-hydrogen) atoms. The first-order valence-corrected chi connectivity index (χ1v) is 10.3. The van der Waals surface area contributed by atoms with Crippen LogP contribution in [0.2, 0.25) is 5.02 Å². The van der Waals surface area contributed by atoms with Gasteiger partial charge < -0.3 is 19.7 Å². The van der Waals surface area contributed by atoms with Crippen LogP contribution in [0, 0.1) is 0 Å². The lowest BCUT2D eigenvalue weighted by Gasteiger charge is -2.48. The maximum absolute atomic E-state index is 13.8. The van der Waals surface area contributed by atoms with Gasteiger partial charge in [0, 0.05) is 31.5 Å². The number of para-hydroxylation sites is 1. The van der Waals surface area contributed by atoms with Gasteiger partial charge in [-0.15, -0.1) is 6.58 Å². The third kappa shape index (κ3) is 3.10. The number of anilines is 2. The topological polar surface area (TPSA) is 88.2 Å². The summed E-state index contributed by atoms with van der Waals surface area (Å²) in [5.41, 5.74) is -0.471. The standard InChI is InChI=1S/C23H22ClN3O5/c1-4-11-26-21(29)14-7-5-6-8-17(14)27-20(28)9-10-23(26,27)22(30)25-16-13-18(31-2)15(24)12-19(16)32-3/h4-8,12-13H,1,9-11H2,2-3H3,(H,25,30)/t23-/m1/s1. The highest BCUT2D eigenvalue weighted by atomic mass is 35.5. The molecule has 166 valence electrons. The van der Waals surface area contributed by atoms with Crippen molar-refractivity contribution in [1.82, 2.24) is 4.90 Å². The Morgan fingerprint density at radius 3 is 2.62 bits per heavy atom. The van der Waals surface area contributed by atoms with E-state index in [1.54, 1.807) is 24.3 Å². The van der Waals surface area contributed by atoms with Gasteiger partial charge in [0.05, 0.1) is 36.2 Å². The number of nitrogens with one attached hydrogen (secondary N) is 1. The second kappa shape index (κ2) is 8.20. The first-order chi connectivity index (χ1) is 15.4. The van der Waals surface area contributed by atoms with Gasteiger partial charge >= 0.3 is 0 Å². The van der Waals surface area contributed by atoms with Crippen LogP contribution in [0.3, 0.4) is 0 Å². The van der Waals surface area contributed by atoms with Crippen LogP contribution in [0.1, 0.15) is 23.2 Å². The van der Waals surface area contributed by atoms with Crippen molar-refractivity contribution in [3.8, 4) is 11.5 Å².